The molecule has 0 spiro atoms. The molecule has 33 heavy (non-hydrogen) atoms. The second-order valence-corrected chi connectivity index (χ2v) is 11.9. The van der Waals surface area contributed by atoms with Crippen LogP contribution in [-0.4, -0.2) is 26.9 Å². The second-order valence-electron chi connectivity index (χ2n) is 8.31. The molecule has 3 aromatic rings. The van der Waals surface area contributed by atoms with Gasteiger partial charge in [0.2, 0.25) is 0 Å². The van der Waals surface area contributed by atoms with Crippen molar-refractivity contribution in [2.75, 3.05) is 6.61 Å². The molecule has 3 aromatic carbocycles. The second kappa shape index (κ2) is 12.0. The molecule has 0 amide bonds. The Hall–Kier alpha value is -3.44. The van der Waals surface area contributed by atoms with Gasteiger partial charge >= 0.3 is 5.97 Å². The van der Waals surface area contributed by atoms with Crippen LogP contribution in [0.3, 0.4) is 0 Å². The van der Waals surface area contributed by atoms with Crippen LogP contribution in [0.25, 0.3) is 0 Å². The first kappa shape index (κ1) is 24.2. The Morgan fingerprint density at radius 2 is 1.12 bits per heavy atom. The maximum Gasteiger partial charge on any atom is 0.333 e. The monoisotopic (exact) mass is 458 g/mol. The van der Waals surface area contributed by atoms with Crippen molar-refractivity contribution in [2.24, 2.45) is 0 Å². The Labute approximate surface area is 197 Å². The van der Waals surface area contributed by atoms with E-state index in [9.17, 15) is 9.59 Å². The molecule has 0 unspecified atom stereocenters. The maximum atomic E-state index is 13.0. The molecule has 0 aliphatic carbocycles. The van der Waals surface area contributed by atoms with Crippen molar-refractivity contribution < 1.29 is 18.8 Å². The number of esters is 1. The van der Waals surface area contributed by atoms with E-state index in [0.29, 0.717) is 23.7 Å². The van der Waals surface area contributed by atoms with E-state index in [1.165, 1.54) is 0 Å². The van der Waals surface area contributed by atoms with Crippen molar-refractivity contribution in [1.29, 1.82) is 0 Å². The molecule has 3 rings (SSSR count). The van der Waals surface area contributed by atoms with Gasteiger partial charge in [-0.3, -0.25) is 4.79 Å². The molecule has 0 N–H and O–H groups in total. The van der Waals surface area contributed by atoms with Gasteiger partial charge in [0.1, 0.15) is 6.61 Å². The quantitative estimate of drug-likeness (QED) is 0.221. The number of benzene rings is 3. The zero-order valence-corrected chi connectivity index (χ0v) is 20.0. The molecule has 0 heterocycles. The van der Waals surface area contributed by atoms with Crippen molar-refractivity contribution in [3.05, 3.63) is 120 Å². The van der Waals surface area contributed by atoms with Gasteiger partial charge in [-0.05, 0) is 23.6 Å². The van der Waals surface area contributed by atoms with E-state index in [-0.39, 0.29) is 19.0 Å². The highest BCUT2D eigenvalue weighted by Gasteiger charge is 2.39. The Bertz CT molecular complexity index is 948. The van der Waals surface area contributed by atoms with Crippen molar-refractivity contribution >= 4 is 20.3 Å². The fourth-order valence-electron chi connectivity index (χ4n) is 3.84. The van der Waals surface area contributed by atoms with Gasteiger partial charge in [0.05, 0.1) is 6.42 Å². The van der Waals surface area contributed by atoms with E-state index in [4.69, 9.17) is 9.16 Å². The number of ether oxygens (including phenoxy) is 1. The van der Waals surface area contributed by atoms with Gasteiger partial charge in [0.25, 0.3) is 14.3 Å². The Kier molecular flexibility index (Phi) is 8.78. The minimum absolute atomic E-state index is 0.0168. The lowest BCUT2D eigenvalue weighted by Gasteiger charge is -2.32. The van der Waals surface area contributed by atoms with Crippen molar-refractivity contribution in [1.82, 2.24) is 0 Å². The summed E-state index contributed by atoms with van der Waals surface area (Å²) in [6.07, 6.45) is 0.0200. The summed E-state index contributed by atoms with van der Waals surface area (Å²) in [5.74, 6) is -0.830. The van der Waals surface area contributed by atoms with Crippen LogP contribution in [0, 0.1) is 0 Å². The van der Waals surface area contributed by atoms with Crippen LogP contribution < -0.4 is 0 Å². The van der Waals surface area contributed by atoms with Crippen LogP contribution in [-0.2, 0) is 36.9 Å². The van der Waals surface area contributed by atoms with Crippen LogP contribution in [0.1, 0.15) is 30.0 Å². The highest BCUT2D eigenvalue weighted by molar-refractivity contribution is 6.73. The lowest BCUT2D eigenvalue weighted by atomic mass is 10.2. The third kappa shape index (κ3) is 7.88. The van der Waals surface area contributed by atoms with E-state index in [0.717, 1.165) is 16.7 Å². The Morgan fingerprint density at radius 1 is 0.727 bits per heavy atom. The van der Waals surface area contributed by atoms with E-state index in [1.54, 1.807) is 6.92 Å². The number of rotatable bonds is 11. The summed E-state index contributed by atoms with van der Waals surface area (Å²) >= 11 is 0. The molecule has 0 aromatic heterocycles. The first-order valence-electron chi connectivity index (χ1n) is 11.1. The van der Waals surface area contributed by atoms with Crippen molar-refractivity contribution in [2.45, 2.75) is 31.5 Å². The maximum absolute atomic E-state index is 13.0. The topological polar surface area (TPSA) is 52.6 Å². The fourth-order valence-corrected chi connectivity index (χ4v) is 7.96. The van der Waals surface area contributed by atoms with Crippen LogP contribution in [0.4, 0.5) is 0 Å². The molecule has 5 heteroatoms. The Balaban J connectivity index is 1.87. The molecule has 0 fully saturated rings. The number of carbonyl (C=O) groups is 2. The molecule has 170 valence electrons. The van der Waals surface area contributed by atoms with Crippen LogP contribution in [0.2, 0.25) is 0 Å². The van der Waals surface area contributed by atoms with Gasteiger partial charge in [0, 0.05) is 23.7 Å². The van der Waals surface area contributed by atoms with Crippen LogP contribution in [0.15, 0.2) is 103 Å². The molecule has 0 aliphatic heterocycles. The lowest BCUT2D eigenvalue weighted by molar-refractivity contribution is -0.142. The summed E-state index contributed by atoms with van der Waals surface area (Å²) in [5, 5.41) is 0. The van der Waals surface area contributed by atoms with Gasteiger partial charge in [-0.25, -0.2) is 4.79 Å². The standard InChI is InChI=1S/C28H30O4Si/c1-23(2)28(30)31-19-18-27(29)32-33(20-24-12-6-3-7-13-24,21-25-14-8-4-9-15-25)22-26-16-10-5-11-17-26/h3-17H,1,18-22H2,2H3. The summed E-state index contributed by atoms with van der Waals surface area (Å²) in [6.45, 7) is 5.13. The molecular formula is C28H30O4Si. The average molecular weight is 459 g/mol. The molecule has 0 bridgehead atoms. The SMILES string of the molecule is C=C(C)C(=O)OCCC(=O)O[Si](Cc1ccccc1)(Cc1ccccc1)Cc1ccccc1. The molecular weight excluding hydrogens is 428 g/mol. The third-order valence-electron chi connectivity index (χ3n) is 5.33. The first-order chi connectivity index (χ1) is 16.0. The fraction of sp³-hybridized carbons (Fsp3) is 0.214. The van der Waals surface area contributed by atoms with E-state index < -0.39 is 14.3 Å². The molecule has 0 radical (unpaired) electrons. The third-order valence-corrected chi connectivity index (χ3v) is 9.14. The minimum atomic E-state index is -2.69. The first-order valence-corrected chi connectivity index (χ1v) is 13.6. The summed E-state index contributed by atoms with van der Waals surface area (Å²) in [4.78, 5) is 24.6. The molecule has 0 aliphatic rings. The molecule has 0 saturated heterocycles. The van der Waals surface area contributed by atoms with Gasteiger partial charge in [-0.15, -0.1) is 0 Å². The Morgan fingerprint density at radius 3 is 1.48 bits per heavy atom. The number of hydrogen-bond acceptors (Lipinski definition) is 4. The summed E-state index contributed by atoms with van der Waals surface area (Å²) in [7, 11) is -2.69. The van der Waals surface area contributed by atoms with E-state index in [2.05, 4.69) is 43.0 Å². The average Bonchev–Trinajstić information content (AvgIpc) is 2.80. The van der Waals surface area contributed by atoms with E-state index in [1.807, 2.05) is 54.6 Å². The zero-order valence-electron chi connectivity index (χ0n) is 19.0. The highest BCUT2D eigenvalue weighted by Crippen LogP contribution is 2.24. The van der Waals surface area contributed by atoms with Crippen molar-refractivity contribution in [3.63, 3.8) is 0 Å². The van der Waals surface area contributed by atoms with Gasteiger partial charge in [-0.1, -0.05) is 97.6 Å². The summed E-state index contributed by atoms with van der Waals surface area (Å²) in [5.41, 5.74) is 3.76. The van der Waals surface area contributed by atoms with Gasteiger partial charge in [0.15, 0.2) is 0 Å². The largest absolute Gasteiger partial charge is 0.518 e. The minimum Gasteiger partial charge on any atom is -0.518 e. The molecule has 0 atom stereocenters. The van der Waals surface area contributed by atoms with E-state index >= 15 is 0 Å². The predicted octanol–water partition coefficient (Wildman–Crippen LogP) is 5.33. The number of carbonyl (C=O) groups excluding carboxylic acids is 2. The summed E-state index contributed by atoms with van der Waals surface area (Å²) < 4.78 is 11.5. The predicted molar refractivity (Wildman–Crippen MR) is 133 cm³/mol. The molecule has 4 nitrogen and oxygen atoms in total. The normalized spacial score (nSPS) is 10.9. The number of hydrogen-bond donors (Lipinski definition) is 0. The van der Waals surface area contributed by atoms with Crippen molar-refractivity contribution in [3.8, 4) is 0 Å². The lowest BCUT2D eigenvalue weighted by Crippen LogP contribution is -2.49. The van der Waals surface area contributed by atoms with Gasteiger partial charge in [-0.2, -0.15) is 0 Å². The van der Waals surface area contributed by atoms with Crippen LogP contribution in [0.5, 0.6) is 0 Å². The summed E-state index contributed by atoms with van der Waals surface area (Å²) in [6, 6.07) is 32.7. The van der Waals surface area contributed by atoms with Crippen LogP contribution >= 0.6 is 0 Å². The van der Waals surface area contributed by atoms with Gasteiger partial charge < -0.3 is 9.16 Å². The highest BCUT2D eigenvalue weighted by atomic mass is 28.4. The molecule has 0 saturated carbocycles. The zero-order chi connectivity index (χ0) is 23.5. The smallest absolute Gasteiger partial charge is 0.333 e.